The summed E-state index contributed by atoms with van der Waals surface area (Å²) in [4.78, 5) is 4.79. The summed E-state index contributed by atoms with van der Waals surface area (Å²) in [5.74, 6) is 1.50. The minimum atomic E-state index is -0.668. The Morgan fingerprint density at radius 2 is 1.92 bits per heavy atom. The Balaban J connectivity index is 0.00000243. The number of nitrogens with zero attached hydrogens (tertiary/aromatic N) is 1. The number of hydrogen-bond donors (Lipinski definition) is 3. The fourth-order valence-corrected chi connectivity index (χ4v) is 5.36. The number of ether oxygens (including phenoxy) is 1. The number of guanidine groups is 1. The molecule has 1 spiro atoms. The molecule has 0 aromatic rings. The topological polar surface area (TPSA) is 65.9 Å². The van der Waals surface area contributed by atoms with Gasteiger partial charge in [0.25, 0.3) is 0 Å². The molecule has 2 aliphatic carbocycles. The van der Waals surface area contributed by atoms with E-state index in [4.69, 9.17) is 9.73 Å². The summed E-state index contributed by atoms with van der Waals surface area (Å²) in [5, 5.41) is 18.0. The fraction of sp³-hybridized carbons (Fsp3) is 0.950. The molecule has 3 aliphatic rings. The Hall–Kier alpha value is -0.0800. The highest BCUT2D eigenvalue weighted by Crippen LogP contribution is 2.62. The Kier molecular flexibility index (Phi) is 8.04. The zero-order valence-corrected chi connectivity index (χ0v) is 19.1. The molecule has 3 fully saturated rings. The number of aliphatic imine (C=N–C) groups is 1. The molecule has 0 bridgehead atoms. The van der Waals surface area contributed by atoms with Crippen LogP contribution < -0.4 is 10.6 Å². The summed E-state index contributed by atoms with van der Waals surface area (Å²) < 4.78 is 6.02. The van der Waals surface area contributed by atoms with E-state index in [-0.39, 0.29) is 24.0 Å². The smallest absolute Gasteiger partial charge is 0.191 e. The molecule has 6 heteroatoms. The molecule has 0 radical (unpaired) electrons. The maximum absolute atomic E-state index is 10.9. The van der Waals surface area contributed by atoms with Crippen molar-refractivity contribution in [3.8, 4) is 0 Å². The van der Waals surface area contributed by atoms with Gasteiger partial charge in [0.05, 0.1) is 18.2 Å². The third kappa shape index (κ3) is 4.17. The molecule has 3 unspecified atom stereocenters. The van der Waals surface area contributed by atoms with Gasteiger partial charge in [0.1, 0.15) is 0 Å². The summed E-state index contributed by atoms with van der Waals surface area (Å²) in [6.45, 7) is 8.59. The Labute approximate surface area is 176 Å². The molecule has 3 rings (SSSR count). The molecule has 1 aliphatic heterocycles. The molecule has 0 amide bonds. The average Bonchev–Trinajstić information content (AvgIpc) is 2.94. The molecule has 5 nitrogen and oxygen atoms in total. The zero-order valence-electron chi connectivity index (χ0n) is 16.7. The minimum absolute atomic E-state index is 0. The van der Waals surface area contributed by atoms with Crippen LogP contribution in [0.25, 0.3) is 0 Å². The summed E-state index contributed by atoms with van der Waals surface area (Å²) in [6, 6.07) is 0.483. The average molecular weight is 479 g/mol. The molecular formula is C20H38IN3O2. The summed E-state index contributed by atoms with van der Waals surface area (Å²) in [6.07, 6.45) is 9.13. The summed E-state index contributed by atoms with van der Waals surface area (Å²) in [7, 11) is 0. The monoisotopic (exact) mass is 479 g/mol. The Bertz CT molecular complexity index is 476. The molecule has 3 N–H and O–H groups in total. The van der Waals surface area contributed by atoms with E-state index in [0.717, 1.165) is 44.8 Å². The van der Waals surface area contributed by atoms with E-state index in [0.29, 0.717) is 30.0 Å². The number of hydrogen-bond acceptors (Lipinski definition) is 3. The van der Waals surface area contributed by atoms with Gasteiger partial charge in [-0.15, -0.1) is 24.0 Å². The normalized spacial score (nSPS) is 29.4. The van der Waals surface area contributed by atoms with Crippen LogP contribution in [0.3, 0.4) is 0 Å². The first-order valence-corrected chi connectivity index (χ1v) is 10.5. The van der Waals surface area contributed by atoms with Crippen LogP contribution in [0.2, 0.25) is 0 Å². The number of fused-ring (bicyclic) bond motifs is 2. The van der Waals surface area contributed by atoms with Gasteiger partial charge in [-0.3, -0.25) is 4.99 Å². The molecule has 2 saturated carbocycles. The Morgan fingerprint density at radius 3 is 2.46 bits per heavy atom. The lowest BCUT2D eigenvalue weighted by molar-refractivity contribution is -0.171. The predicted molar refractivity (Wildman–Crippen MR) is 117 cm³/mol. The van der Waals surface area contributed by atoms with Gasteiger partial charge < -0.3 is 20.5 Å². The highest BCUT2D eigenvalue weighted by atomic mass is 127. The largest absolute Gasteiger partial charge is 0.388 e. The van der Waals surface area contributed by atoms with Crippen molar-refractivity contribution in [1.29, 1.82) is 0 Å². The molecule has 152 valence electrons. The van der Waals surface area contributed by atoms with Crippen molar-refractivity contribution in [3.05, 3.63) is 0 Å². The number of nitrogens with one attached hydrogen (secondary N) is 2. The second kappa shape index (κ2) is 9.41. The van der Waals surface area contributed by atoms with Gasteiger partial charge >= 0.3 is 0 Å². The van der Waals surface area contributed by atoms with E-state index < -0.39 is 5.60 Å². The summed E-state index contributed by atoms with van der Waals surface area (Å²) in [5.41, 5.74) is -0.320. The van der Waals surface area contributed by atoms with Gasteiger partial charge in [-0.2, -0.15) is 0 Å². The number of halogens is 1. The lowest BCUT2D eigenvalue weighted by atomic mass is 9.46. The lowest BCUT2D eigenvalue weighted by Gasteiger charge is -2.63. The van der Waals surface area contributed by atoms with Gasteiger partial charge in [-0.1, -0.05) is 33.1 Å². The van der Waals surface area contributed by atoms with E-state index >= 15 is 0 Å². The first-order valence-electron chi connectivity index (χ1n) is 10.5. The van der Waals surface area contributed by atoms with E-state index in [9.17, 15) is 5.11 Å². The second-order valence-corrected chi connectivity index (χ2v) is 8.37. The predicted octanol–water partition coefficient (Wildman–Crippen LogP) is 3.45. The summed E-state index contributed by atoms with van der Waals surface area (Å²) >= 11 is 0. The molecule has 0 aromatic carbocycles. The first kappa shape index (κ1) is 22.2. The third-order valence-electron chi connectivity index (χ3n) is 6.63. The fourth-order valence-electron chi connectivity index (χ4n) is 5.36. The second-order valence-electron chi connectivity index (χ2n) is 8.37. The van der Waals surface area contributed by atoms with Crippen molar-refractivity contribution in [2.75, 3.05) is 19.7 Å². The van der Waals surface area contributed by atoms with Crippen LogP contribution in [0.5, 0.6) is 0 Å². The van der Waals surface area contributed by atoms with Crippen molar-refractivity contribution >= 4 is 29.9 Å². The van der Waals surface area contributed by atoms with E-state index in [1.807, 2.05) is 0 Å². The lowest BCUT2D eigenvalue weighted by Crippen LogP contribution is -2.72. The number of rotatable bonds is 8. The molecule has 26 heavy (non-hydrogen) atoms. The van der Waals surface area contributed by atoms with Crippen LogP contribution >= 0.6 is 24.0 Å². The van der Waals surface area contributed by atoms with Crippen molar-refractivity contribution in [3.63, 3.8) is 0 Å². The van der Waals surface area contributed by atoms with Crippen LogP contribution in [-0.2, 0) is 4.74 Å². The van der Waals surface area contributed by atoms with Gasteiger partial charge in [0, 0.05) is 30.5 Å². The zero-order chi connectivity index (χ0) is 17.9. The van der Waals surface area contributed by atoms with Crippen molar-refractivity contribution in [2.24, 2.45) is 16.3 Å². The molecule has 3 atom stereocenters. The Morgan fingerprint density at radius 1 is 1.23 bits per heavy atom. The van der Waals surface area contributed by atoms with Crippen LogP contribution in [-0.4, -0.2) is 48.5 Å². The van der Waals surface area contributed by atoms with Gasteiger partial charge in [0.2, 0.25) is 0 Å². The highest BCUT2D eigenvalue weighted by molar-refractivity contribution is 14.0. The van der Waals surface area contributed by atoms with E-state index in [1.165, 1.54) is 25.7 Å². The maximum atomic E-state index is 10.9. The first-order chi connectivity index (χ1) is 12.1. The van der Waals surface area contributed by atoms with Gasteiger partial charge in [-0.05, 0) is 39.0 Å². The van der Waals surface area contributed by atoms with Crippen molar-refractivity contribution in [1.82, 2.24) is 10.6 Å². The molecular weight excluding hydrogens is 441 g/mol. The maximum Gasteiger partial charge on any atom is 0.191 e. The SMILES string of the molecule is CCCC(O)(CCC)CN=C(NCC)NC1C2CCOC2C12CCC2.I. The molecule has 1 saturated heterocycles. The van der Waals surface area contributed by atoms with Crippen LogP contribution in [0.4, 0.5) is 0 Å². The minimum Gasteiger partial charge on any atom is -0.388 e. The van der Waals surface area contributed by atoms with Crippen molar-refractivity contribution < 1.29 is 9.84 Å². The standard InChI is InChI=1S/C20H37N3O2.HI/c1-4-9-19(24,10-5-2)14-22-18(21-6-3)23-16-15-8-13-25-17(15)20(16)11-7-12-20;/h15-17,24H,4-14H2,1-3H3,(H2,21,22,23);1H. The van der Waals surface area contributed by atoms with E-state index in [1.54, 1.807) is 0 Å². The van der Waals surface area contributed by atoms with Gasteiger partial charge in [0.15, 0.2) is 5.96 Å². The quantitative estimate of drug-likeness (QED) is 0.284. The van der Waals surface area contributed by atoms with Gasteiger partial charge in [-0.25, -0.2) is 0 Å². The van der Waals surface area contributed by atoms with E-state index in [2.05, 4.69) is 31.4 Å². The highest BCUT2D eigenvalue weighted by Gasteiger charge is 2.66. The van der Waals surface area contributed by atoms with Crippen LogP contribution in [0, 0.1) is 11.3 Å². The van der Waals surface area contributed by atoms with Crippen molar-refractivity contribution in [2.45, 2.75) is 89.9 Å². The molecule has 1 heterocycles. The number of aliphatic hydroxyl groups is 1. The third-order valence-corrected chi connectivity index (χ3v) is 6.63. The van der Waals surface area contributed by atoms with Crippen LogP contribution in [0.15, 0.2) is 4.99 Å². The molecule has 0 aromatic heterocycles. The van der Waals surface area contributed by atoms with Crippen LogP contribution in [0.1, 0.15) is 72.1 Å².